The average Bonchev–Trinajstić information content (AvgIpc) is 2.71. The Morgan fingerprint density at radius 1 is 0.931 bits per heavy atom. The van der Waals surface area contributed by atoms with E-state index in [4.69, 9.17) is 0 Å². The first-order chi connectivity index (χ1) is 13.9. The molecule has 1 aromatic rings. The molecule has 29 heavy (non-hydrogen) atoms. The molecule has 0 amide bonds. The number of hydrogen-bond acceptors (Lipinski definition) is 0. The average molecular weight is 411 g/mol. The van der Waals surface area contributed by atoms with Crippen molar-refractivity contribution >= 4 is 6.08 Å². The van der Waals surface area contributed by atoms with Crippen molar-refractivity contribution in [2.75, 3.05) is 0 Å². The first kappa shape index (κ1) is 22.4. The van der Waals surface area contributed by atoms with E-state index in [0.29, 0.717) is 5.92 Å². The molecule has 1 aromatic carbocycles. The van der Waals surface area contributed by atoms with E-state index < -0.39 is 12.0 Å². The molecule has 0 saturated heterocycles. The molecule has 2 aliphatic rings. The summed E-state index contributed by atoms with van der Waals surface area (Å²) in [5.74, 6) is 2.38. The topological polar surface area (TPSA) is 0 Å². The molecule has 2 saturated carbocycles. The van der Waals surface area contributed by atoms with Gasteiger partial charge in [0.1, 0.15) is 5.82 Å². The van der Waals surface area contributed by atoms with Gasteiger partial charge < -0.3 is 0 Å². The standard InChI is InChI=1S/C25H34F4/c1-2-3-4-18-5-7-19(8-6-18)20-9-11-21(12-10-20)23-14-13-22(24(26)17-23)15-16-25(27,28)29/h13-21H,2-12H2,1H3/b16-15+. The number of rotatable bonds is 6. The summed E-state index contributed by atoms with van der Waals surface area (Å²) < 4.78 is 51.2. The fourth-order valence-electron chi connectivity index (χ4n) is 5.48. The van der Waals surface area contributed by atoms with Gasteiger partial charge in [0.2, 0.25) is 0 Å². The van der Waals surface area contributed by atoms with Gasteiger partial charge in [-0.2, -0.15) is 13.2 Å². The number of benzene rings is 1. The predicted octanol–water partition coefficient (Wildman–Crippen LogP) is 8.67. The normalized spacial score (nSPS) is 28.7. The van der Waals surface area contributed by atoms with E-state index in [2.05, 4.69) is 6.92 Å². The van der Waals surface area contributed by atoms with E-state index in [0.717, 1.165) is 42.2 Å². The second kappa shape index (κ2) is 10.1. The number of hydrogen-bond donors (Lipinski definition) is 0. The van der Waals surface area contributed by atoms with Crippen molar-refractivity contribution in [1.82, 2.24) is 0 Å². The summed E-state index contributed by atoms with van der Waals surface area (Å²) >= 11 is 0. The Bertz CT molecular complexity index is 660. The van der Waals surface area contributed by atoms with Crippen LogP contribution in [0.1, 0.15) is 94.6 Å². The molecular formula is C25H34F4. The fourth-order valence-corrected chi connectivity index (χ4v) is 5.48. The summed E-state index contributed by atoms with van der Waals surface area (Å²) in [6, 6.07) is 4.74. The molecule has 0 unspecified atom stereocenters. The maximum atomic E-state index is 14.3. The Morgan fingerprint density at radius 3 is 2.10 bits per heavy atom. The second-order valence-electron chi connectivity index (χ2n) is 9.19. The second-order valence-corrected chi connectivity index (χ2v) is 9.19. The summed E-state index contributed by atoms with van der Waals surface area (Å²) in [6.07, 6.45) is 10.6. The molecule has 162 valence electrons. The van der Waals surface area contributed by atoms with Crippen LogP contribution in [0.25, 0.3) is 6.08 Å². The Balaban J connectivity index is 1.49. The van der Waals surface area contributed by atoms with Gasteiger partial charge in [0.05, 0.1) is 0 Å². The van der Waals surface area contributed by atoms with E-state index in [9.17, 15) is 17.6 Å². The highest BCUT2D eigenvalue weighted by molar-refractivity contribution is 5.51. The van der Waals surface area contributed by atoms with Gasteiger partial charge in [-0.05, 0) is 79.9 Å². The molecular weight excluding hydrogens is 376 g/mol. The van der Waals surface area contributed by atoms with Crippen molar-refractivity contribution in [1.29, 1.82) is 0 Å². The van der Waals surface area contributed by atoms with Crippen molar-refractivity contribution < 1.29 is 17.6 Å². The van der Waals surface area contributed by atoms with Crippen molar-refractivity contribution in [3.8, 4) is 0 Å². The highest BCUT2D eigenvalue weighted by atomic mass is 19.4. The van der Waals surface area contributed by atoms with Gasteiger partial charge in [-0.15, -0.1) is 0 Å². The van der Waals surface area contributed by atoms with Crippen molar-refractivity contribution in [2.24, 2.45) is 17.8 Å². The zero-order chi connectivity index (χ0) is 20.9. The lowest BCUT2D eigenvalue weighted by Crippen LogP contribution is -2.25. The van der Waals surface area contributed by atoms with Crippen LogP contribution in [0, 0.1) is 23.6 Å². The van der Waals surface area contributed by atoms with E-state index in [1.54, 1.807) is 0 Å². The van der Waals surface area contributed by atoms with E-state index in [1.165, 1.54) is 69.9 Å². The molecule has 2 aliphatic carbocycles. The summed E-state index contributed by atoms with van der Waals surface area (Å²) in [5.41, 5.74) is 0.938. The van der Waals surface area contributed by atoms with Gasteiger partial charge >= 0.3 is 6.18 Å². The van der Waals surface area contributed by atoms with Gasteiger partial charge in [-0.25, -0.2) is 4.39 Å². The summed E-state index contributed by atoms with van der Waals surface area (Å²) in [5, 5.41) is 0. The minimum absolute atomic E-state index is 0.000376. The Kier molecular flexibility index (Phi) is 7.81. The minimum Gasteiger partial charge on any atom is -0.206 e. The summed E-state index contributed by atoms with van der Waals surface area (Å²) in [6.45, 7) is 2.27. The Labute approximate surface area is 172 Å². The van der Waals surface area contributed by atoms with Crippen LogP contribution in [0.15, 0.2) is 24.3 Å². The first-order valence-electron chi connectivity index (χ1n) is 11.4. The summed E-state index contributed by atoms with van der Waals surface area (Å²) in [7, 11) is 0. The van der Waals surface area contributed by atoms with Gasteiger partial charge in [0.15, 0.2) is 0 Å². The minimum atomic E-state index is -4.42. The predicted molar refractivity (Wildman–Crippen MR) is 111 cm³/mol. The largest absolute Gasteiger partial charge is 0.409 e. The van der Waals surface area contributed by atoms with Crippen LogP contribution >= 0.6 is 0 Å². The van der Waals surface area contributed by atoms with Crippen LogP contribution in [0.2, 0.25) is 0 Å². The van der Waals surface area contributed by atoms with Crippen molar-refractivity contribution in [3.05, 3.63) is 41.2 Å². The lowest BCUT2D eigenvalue weighted by atomic mass is 9.68. The van der Waals surface area contributed by atoms with Crippen molar-refractivity contribution in [2.45, 2.75) is 89.6 Å². The number of alkyl halides is 3. The van der Waals surface area contributed by atoms with E-state index >= 15 is 0 Å². The fraction of sp³-hybridized carbons (Fsp3) is 0.680. The first-order valence-corrected chi connectivity index (χ1v) is 11.4. The zero-order valence-electron chi connectivity index (χ0n) is 17.5. The zero-order valence-corrected chi connectivity index (χ0v) is 17.5. The monoisotopic (exact) mass is 410 g/mol. The molecule has 0 nitrogen and oxygen atoms in total. The van der Waals surface area contributed by atoms with Gasteiger partial charge in [-0.1, -0.05) is 51.2 Å². The third-order valence-corrected chi connectivity index (χ3v) is 7.24. The third-order valence-electron chi connectivity index (χ3n) is 7.24. The Hall–Kier alpha value is -1.32. The van der Waals surface area contributed by atoms with Crippen LogP contribution in [0.4, 0.5) is 17.6 Å². The molecule has 3 rings (SSSR count). The van der Waals surface area contributed by atoms with Gasteiger partial charge in [-0.3, -0.25) is 0 Å². The Morgan fingerprint density at radius 2 is 1.55 bits per heavy atom. The molecule has 0 bridgehead atoms. The number of halogens is 4. The molecule has 2 fully saturated rings. The SMILES string of the molecule is CCCCC1CCC(C2CCC(c3ccc(/C=C/C(F)(F)F)c(F)c3)CC2)CC1. The van der Waals surface area contributed by atoms with Gasteiger partial charge in [0.25, 0.3) is 0 Å². The maximum Gasteiger partial charge on any atom is 0.409 e. The molecule has 0 radical (unpaired) electrons. The molecule has 0 spiro atoms. The van der Waals surface area contributed by atoms with E-state index in [-0.39, 0.29) is 11.6 Å². The van der Waals surface area contributed by atoms with Crippen LogP contribution in [0.5, 0.6) is 0 Å². The van der Waals surface area contributed by atoms with Gasteiger partial charge in [0, 0.05) is 11.6 Å². The molecule has 0 heterocycles. The molecule has 4 heteroatoms. The lowest BCUT2D eigenvalue weighted by molar-refractivity contribution is -0.0790. The number of unbranched alkanes of at least 4 members (excludes halogenated alkanes) is 1. The quantitative estimate of drug-likeness (QED) is 0.412. The number of allylic oxidation sites excluding steroid dienone is 1. The molecule has 0 atom stereocenters. The summed E-state index contributed by atoms with van der Waals surface area (Å²) in [4.78, 5) is 0. The highest BCUT2D eigenvalue weighted by Gasteiger charge is 2.31. The van der Waals surface area contributed by atoms with E-state index in [1.807, 2.05) is 6.07 Å². The molecule has 0 aromatic heterocycles. The van der Waals surface area contributed by atoms with Crippen LogP contribution < -0.4 is 0 Å². The highest BCUT2D eigenvalue weighted by Crippen LogP contribution is 2.44. The molecule has 0 aliphatic heterocycles. The maximum absolute atomic E-state index is 14.3. The smallest absolute Gasteiger partial charge is 0.206 e. The van der Waals surface area contributed by atoms with Crippen molar-refractivity contribution in [3.63, 3.8) is 0 Å². The van der Waals surface area contributed by atoms with Crippen LogP contribution in [-0.2, 0) is 0 Å². The third kappa shape index (κ3) is 6.58. The molecule has 0 N–H and O–H groups in total. The van der Waals surface area contributed by atoms with Crippen LogP contribution in [0.3, 0.4) is 0 Å². The lowest BCUT2D eigenvalue weighted by Gasteiger charge is -2.38. The van der Waals surface area contributed by atoms with Crippen LogP contribution in [-0.4, -0.2) is 6.18 Å².